The normalized spacial score (nSPS) is 19.9. The molecule has 4 nitrogen and oxygen atoms in total. The van der Waals surface area contributed by atoms with Crippen molar-refractivity contribution in [2.75, 3.05) is 26.7 Å². The molecule has 0 amide bonds. The van der Waals surface area contributed by atoms with E-state index in [0.717, 1.165) is 25.6 Å². The van der Waals surface area contributed by atoms with Crippen molar-refractivity contribution in [1.82, 2.24) is 15.5 Å². The van der Waals surface area contributed by atoms with E-state index < -0.39 is 0 Å². The number of halogens is 1. The number of rotatable bonds is 5. The lowest BCUT2D eigenvalue weighted by molar-refractivity contribution is 0.157. The smallest absolute Gasteiger partial charge is 0.191 e. The van der Waals surface area contributed by atoms with Gasteiger partial charge in [0, 0.05) is 26.2 Å². The molecule has 1 fully saturated rings. The van der Waals surface area contributed by atoms with E-state index in [1.165, 1.54) is 31.4 Å². The van der Waals surface area contributed by atoms with Gasteiger partial charge in [-0.3, -0.25) is 9.89 Å². The lowest BCUT2D eigenvalue weighted by Crippen LogP contribution is -2.48. The Morgan fingerprint density at radius 3 is 2.95 bits per heavy atom. The predicted octanol–water partition coefficient (Wildman–Crippen LogP) is 2.91. The molecular formula is C15H27IN4S. The standard InChI is InChI=1S/C15H26N4S.HI/c1-3-19-8-5-4-6-14(19)11-18-15(16-2)17-10-13-7-9-20-12-13;/h7,9,12,14H,3-6,8,10-11H2,1-2H3,(H2,16,17,18);1H. The Balaban J connectivity index is 0.00000220. The molecule has 6 heteroatoms. The van der Waals surface area contributed by atoms with Gasteiger partial charge in [-0.05, 0) is 48.3 Å². The number of hydrogen-bond donors (Lipinski definition) is 2. The lowest BCUT2D eigenvalue weighted by Gasteiger charge is -2.35. The first kappa shape index (κ1) is 18.7. The second-order valence-electron chi connectivity index (χ2n) is 5.22. The Bertz CT molecular complexity index is 408. The van der Waals surface area contributed by atoms with Gasteiger partial charge in [0.25, 0.3) is 0 Å². The Morgan fingerprint density at radius 1 is 1.43 bits per heavy atom. The average molecular weight is 422 g/mol. The topological polar surface area (TPSA) is 39.7 Å². The third kappa shape index (κ3) is 6.12. The van der Waals surface area contributed by atoms with Crippen molar-refractivity contribution in [2.45, 2.75) is 38.8 Å². The Morgan fingerprint density at radius 2 is 2.29 bits per heavy atom. The summed E-state index contributed by atoms with van der Waals surface area (Å²) in [5.41, 5.74) is 1.31. The number of aliphatic imine (C=N–C) groups is 1. The summed E-state index contributed by atoms with van der Waals surface area (Å²) in [6, 6.07) is 2.79. The maximum Gasteiger partial charge on any atom is 0.191 e. The molecule has 0 aliphatic carbocycles. The average Bonchev–Trinajstić information content (AvgIpc) is 3.01. The zero-order chi connectivity index (χ0) is 14.2. The number of nitrogens with zero attached hydrogens (tertiary/aromatic N) is 2. The molecule has 1 unspecified atom stereocenters. The molecule has 1 aliphatic rings. The van der Waals surface area contributed by atoms with Crippen molar-refractivity contribution in [3.05, 3.63) is 22.4 Å². The van der Waals surface area contributed by atoms with Gasteiger partial charge in [0.2, 0.25) is 0 Å². The van der Waals surface area contributed by atoms with Crippen LogP contribution in [-0.4, -0.2) is 43.6 Å². The summed E-state index contributed by atoms with van der Waals surface area (Å²) in [6.45, 7) is 6.46. The zero-order valence-corrected chi connectivity index (χ0v) is 16.1. The van der Waals surface area contributed by atoms with Crippen molar-refractivity contribution in [2.24, 2.45) is 4.99 Å². The number of thiophene rings is 1. The fraction of sp³-hybridized carbons (Fsp3) is 0.667. The number of piperidine rings is 1. The second-order valence-corrected chi connectivity index (χ2v) is 6.00. The molecule has 0 aromatic carbocycles. The van der Waals surface area contributed by atoms with Crippen LogP contribution in [0.25, 0.3) is 0 Å². The van der Waals surface area contributed by atoms with E-state index in [1.807, 2.05) is 7.05 Å². The summed E-state index contributed by atoms with van der Waals surface area (Å²) >= 11 is 1.73. The molecule has 2 heterocycles. The highest BCUT2D eigenvalue weighted by Crippen LogP contribution is 2.15. The highest BCUT2D eigenvalue weighted by molar-refractivity contribution is 14.0. The minimum absolute atomic E-state index is 0. The van der Waals surface area contributed by atoms with Crippen molar-refractivity contribution in [3.63, 3.8) is 0 Å². The summed E-state index contributed by atoms with van der Waals surface area (Å²) in [5, 5.41) is 11.1. The van der Waals surface area contributed by atoms with E-state index in [2.05, 4.69) is 44.3 Å². The Kier molecular flexibility index (Phi) is 9.26. The van der Waals surface area contributed by atoms with Gasteiger partial charge >= 0.3 is 0 Å². The number of nitrogens with one attached hydrogen (secondary N) is 2. The first-order valence-corrected chi connectivity index (χ1v) is 8.47. The molecule has 2 N–H and O–H groups in total. The molecule has 2 rings (SSSR count). The van der Waals surface area contributed by atoms with Crippen LogP contribution in [0.1, 0.15) is 31.7 Å². The van der Waals surface area contributed by atoms with Crippen LogP contribution in [0.15, 0.2) is 21.8 Å². The molecule has 1 aromatic heterocycles. The van der Waals surface area contributed by atoms with E-state index in [9.17, 15) is 0 Å². The molecular weight excluding hydrogens is 395 g/mol. The zero-order valence-electron chi connectivity index (χ0n) is 13.0. The van der Waals surface area contributed by atoms with Crippen molar-refractivity contribution in [3.8, 4) is 0 Å². The number of hydrogen-bond acceptors (Lipinski definition) is 3. The van der Waals surface area contributed by atoms with Gasteiger partial charge in [-0.1, -0.05) is 13.3 Å². The summed E-state index contributed by atoms with van der Waals surface area (Å²) in [5.74, 6) is 0.901. The number of likely N-dealkylation sites (tertiary alicyclic amines) is 1. The third-order valence-corrected chi connectivity index (χ3v) is 4.66. The first-order chi connectivity index (χ1) is 9.83. The van der Waals surface area contributed by atoms with Crippen LogP contribution in [0.2, 0.25) is 0 Å². The Hall–Kier alpha value is -0.340. The SMILES string of the molecule is CCN1CCCCC1CNC(=NC)NCc1ccsc1.I. The van der Waals surface area contributed by atoms with Crippen LogP contribution in [0.4, 0.5) is 0 Å². The molecule has 0 saturated carbocycles. The maximum atomic E-state index is 4.30. The largest absolute Gasteiger partial charge is 0.355 e. The third-order valence-electron chi connectivity index (χ3n) is 3.92. The van der Waals surface area contributed by atoms with E-state index in [1.54, 1.807) is 11.3 Å². The van der Waals surface area contributed by atoms with Gasteiger partial charge in [0.1, 0.15) is 0 Å². The predicted molar refractivity (Wildman–Crippen MR) is 103 cm³/mol. The summed E-state index contributed by atoms with van der Waals surface area (Å²) in [4.78, 5) is 6.87. The number of guanidine groups is 1. The molecule has 1 atom stereocenters. The molecule has 21 heavy (non-hydrogen) atoms. The highest BCUT2D eigenvalue weighted by atomic mass is 127. The molecule has 1 saturated heterocycles. The fourth-order valence-electron chi connectivity index (χ4n) is 2.72. The quantitative estimate of drug-likeness (QED) is 0.436. The van der Waals surface area contributed by atoms with Gasteiger partial charge in [0.05, 0.1) is 0 Å². The second kappa shape index (κ2) is 10.4. The maximum absolute atomic E-state index is 4.30. The van der Waals surface area contributed by atoms with Crippen molar-refractivity contribution in [1.29, 1.82) is 0 Å². The summed E-state index contributed by atoms with van der Waals surface area (Å²) in [6.07, 6.45) is 3.99. The van der Waals surface area contributed by atoms with Crippen LogP contribution >= 0.6 is 35.3 Å². The van der Waals surface area contributed by atoms with E-state index in [-0.39, 0.29) is 24.0 Å². The molecule has 1 aliphatic heterocycles. The van der Waals surface area contributed by atoms with Gasteiger partial charge in [-0.2, -0.15) is 11.3 Å². The van der Waals surface area contributed by atoms with Crippen molar-refractivity contribution >= 4 is 41.3 Å². The molecule has 1 aromatic rings. The van der Waals surface area contributed by atoms with Gasteiger partial charge < -0.3 is 10.6 Å². The summed E-state index contributed by atoms with van der Waals surface area (Å²) < 4.78 is 0. The monoisotopic (exact) mass is 422 g/mol. The molecule has 120 valence electrons. The molecule has 0 radical (unpaired) electrons. The van der Waals surface area contributed by atoms with E-state index in [4.69, 9.17) is 0 Å². The van der Waals surface area contributed by atoms with E-state index >= 15 is 0 Å². The lowest BCUT2D eigenvalue weighted by atomic mass is 10.0. The Labute approximate surface area is 149 Å². The summed E-state index contributed by atoms with van der Waals surface area (Å²) in [7, 11) is 1.83. The highest BCUT2D eigenvalue weighted by Gasteiger charge is 2.20. The minimum atomic E-state index is 0. The molecule has 0 spiro atoms. The van der Waals surface area contributed by atoms with Gasteiger partial charge in [-0.15, -0.1) is 24.0 Å². The van der Waals surface area contributed by atoms with Crippen LogP contribution in [0.5, 0.6) is 0 Å². The fourth-order valence-corrected chi connectivity index (χ4v) is 3.39. The van der Waals surface area contributed by atoms with Crippen LogP contribution in [0.3, 0.4) is 0 Å². The van der Waals surface area contributed by atoms with E-state index in [0.29, 0.717) is 6.04 Å². The van der Waals surface area contributed by atoms with Gasteiger partial charge in [0.15, 0.2) is 5.96 Å². The van der Waals surface area contributed by atoms with Crippen LogP contribution in [0, 0.1) is 0 Å². The van der Waals surface area contributed by atoms with Crippen LogP contribution < -0.4 is 10.6 Å². The minimum Gasteiger partial charge on any atom is -0.355 e. The first-order valence-electron chi connectivity index (χ1n) is 7.53. The van der Waals surface area contributed by atoms with Gasteiger partial charge in [-0.25, -0.2) is 0 Å². The van der Waals surface area contributed by atoms with Crippen LogP contribution in [-0.2, 0) is 6.54 Å². The van der Waals surface area contributed by atoms with Crippen molar-refractivity contribution < 1.29 is 0 Å². The molecule has 0 bridgehead atoms. The number of likely N-dealkylation sites (N-methyl/N-ethyl adjacent to an activating group) is 1.